The van der Waals surface area contributed by atoms with Crippen molar-refractivity contribution in [3.05, 3.63) is 59.7 Å². The molecule has 2 fully saturated rings. The number of carbonyl (C=O) groups excluding carboxylic acids is 4. The Morgan fingerprint density at radius 1 is 1.00 bits per heavy atom. The molecule has 0 aliphatic carbocycles. The van der Waals surface area contributed by atoms with E-state index in [1.54, 1.807) is 0 Å². The summed E-state index contributed by atoms with van der Waals surface area (Å²) in [5, 5.41) is 2.45. The molecule has 2 saturated heterocycles. The first-order chi connectivity index (χ1) is 15.4. The summed E-state index contributed by atoms with van der Waals surface area (Å²) < 4.78 is 0. The van der Waals surface area contributed by atoms with Crippen molar-refractivity contribution in [2.75, 3.05) is 16.3 Å². The van der Waals surface area contributed by atoms with Gasteiger partial charge in [-0.1, -0.05) is 31.0 Å². The zero-order valence-corrected chi connectivity index (χ0v) is 17.5. The van der Waals surface area contributed by atoms with Gasteiger partial charge in [-0.3, -0.25) is 19.7 Å². The summed E-state index contributed by atoms with van der Waals surface area (Å²) in [6, 6.07) is 12.7. The molecule has 2 atom stereocenters. The van der Waals surface area contributed by atoms with Crippen LogP contribution in [0.15, 0.2) is 48.5 Å². The Kier molecular flexibility index (Phi) is 4.73. The van der Waals surface area contributed by atoms with Crippen LogP contribution < -0.4 is 20.9 Å². The van der Waals surface area contributed by atoms with Crippen molar-refractivity contribution in [3.8, 4) is 0 Å². The molecule has 2 aromatic carbocycles. The Hall–Kier alpha value is -3.68. The van der Waals surface area contributed by atoms with Gasteiger partial charge < -0.3 is 10.6 Å². The van der Waals surface area contributed by atoms with Crippen LogP contribution >= 0.6 is 0 Å². The topological polar surface area (TPSA) is 113 Å². The van der Waals surface area contributed by atoms with Crippen molar-refractivity contribution < 1.29 is 19.2 Å². The van der Waals surface area contributed by atoms with Gasteiger partial charge in [0.2, 0.25) is 11.8 Å². The molecule has 3 aliphatic rings. The quantitative estimate of drug-likeness (QED) is 0.708. The number of fused-ring (bicyclic) bond motifs is 4. The van der Waals surface area contributed by atoms with Crippen LogP contribution in [-0.4, -0.2) is 36.3 Å². The molecule has 0 saturated carbocycles. The fourth-order valence-corrected chi connectivity index (χ4v) is 5.38. The third kappa shape index (κ3) is 2.90. The Bertz CT molecular complexity index is 1130. The summed E-state index contributed by atoms with van der Waals surface area (Å²) in [5.41, 5.74) is 6.45. The number of primary amides is 1. The molecule has 3 N–H and O–H groups in total. The van der Waals surface area contributed by atoms with Gasteiger partial charge in [-0.15, -0.1) is 0 Å². The van der Waals surface area contributed by atoms with E-state index in [9.17, 15) is 19.2 Å². The summed E-state index contributed by atoms with van der Waals surface area (Å²) in [6.45, 7) is 0.755. The molecule has 3 aliphatic heterocycles. The number of urea groups is 1. The number of anilines is 2. The van der Waals surface area contributed by atoms with Gasteiger partial charge in [0.1, 0.15) is 0 Å². The number of nitrogens with two attached hydrogens (primary N) is 1. The fraction of sp³-hybridized carbons (Fsp3) is 0.333. The lowest BCUT2D eigenvalue weighted by Crippen LogP contribution is -2.72. The normalized spacial score (nSPS) is 25.1. The number of hydrogen-bond donors (Lipinski definition) is 2. The van der Waals surface area contributed by atoms with E-state index in [-0.39, 0.29) is 18.0 Å². The Labute approximate surface area is 185 Å². The largest absolute Gasteiger partial charge is 0.367 e. The smallest absolute Gasteiger partial charge is 0.335 e. The summed E-state index contributed by atoms with van der Waals surface area (Å²) in [6.07, 6.45) is 3.84. The van der Waals surface area contributed by atoms with Crippen LogP contribution in [0.25, 0.3) is 0 Å². The molecule has 0 radical (unpaired) electrons. The van der Waals surface area contributed by atoms with E-state index in [1.807, 2.05) is 24.3 Å². The van der Waals surface area contributed by atoms with Gasteiger partial charge in [0.05, 0.1) is 11.7 Å². The van der Waals surface area contributed by atoms with Crippen molar-refractivity contribution >= 4 is 35.1 Å². The first-order valence-electron chi connectivity index (χ1n) is 10.9. The van der Waals surface area contributed by atoms with Crippen LogP contribution in [0.5, 0.6) is 0 Å². The Balaban J connectivity index is 1.63. The van der Waals surface area contributed by atoms with Crippen LogP contribution in [0.3, 0.4) is 0 Å². The number of carbonyl (C=O) groups is 4. The average molecular weight is 432 g/mol. The summed E-state index contributed by atoms with van der Waals surface area (Å²) in [5.74, 6) is -1.66. The van der Waals surface area contributed by atoms with Crippen LogP contribution in [0.4, 0.5) is 16.2 Å². The first kappa shape index (κ1) is 20.2. The van der Waals surface area contributed by atoms with Gasteiger partial charge in [-0.05, 0) is 55.2 Å². The number of hydrogen-bond acceptors (Lipinski definition) is 5. The highest BCUT2D eigenvalue weighted by molar-refractivity contribution is 6.30. The zero-order chi connectivity index (χ0) is 22.5. The maximum Gasteiger partial charge on any atom is 0.335 e. The SMILES string of the molecule is NC(=O)c1ccc(N2C(=O)NC(=O)[C@@]3(Cc4ccccc4N4CCCCC[C@H]43)C2=O)cc1. The standard InChI is InChI=1S/C24H24N4O4/c25-20(29)15-9-11-17(12-10-15)28-22(31)24(21(30)26-23(28)32)14-16-6-3-4-7-18(16)27-13-5-1-2-8-19(24)27/h3-4,6-7,9-12,19H,1-2,5,8,13-14H2,(H2,25,29)(H,26,30,32)/t19-,24-/m0/s1. The van der Waals surface area contributed by atoms with Gasteiger partial charge in [0.15, 0.2) is 5.41 Å². The third-order valence-corrected chi connectivity index (χ3v) is 6.92. The predicted molar refractivity (Wildman–Crippen MR) is 118 cm³/mol. The molecule has 32 heavy (non-hydrogen) atoms. The predicted octanol–water partition coefficient (Wildman–Crippen LogP) is 2.36. The second-order valence-electron chi connectivity index (χ2n) is 8.65. The van der Waals surface area contributed by atoms with Gasteiger partial charge in [0.25, 0.3) is 5.91 Å². The Morgan fingerprint density at radius 2 is 1.75 bits per heavy atom. The molecule has 164 valence electrons. The molecule has 0 unspecified atom stereocenters. The minimum atomic E-state index is -1.41. The van der Waals surface area contributed by atoms with E-state index in [2.05, 4.69) is 10.2 Å². The molecule has 8 nitrogen and oxygen atoms in total. The highest BCUT2D eigenvalue weighted by Gasteiger charge is 2.62. The lowest BCUT2D eigenvalue weighted by Gasteiger charge is -2.51. The van der Waals surface area contributed by atoms with Crippen LogP contribution in [0.2, 0.25) is 0 Å². The molecule has 0 bridgehead atoms. The minimum Gasteiger partial charge on any atom is -0.367 e. The maximum absolute atomic E-state index is 14.0. The van der Waals surface area contributed by atoms with E-state index < -0.39 is 29.2 Å². The molecule has 5 rings (SSSR count). The monoisotopic (exact) mass is 432 g/mol. The van der Waals surface area contributed by atoms with E-state index in [4.69, 9.17) is 5.73 Å². The number of nitrogens with one attached hydrogen (secondary N) is 1. The van der Waals surface area contributed by atoms with Gasteiger partial charge in [-0.25, -0.2) is 9.69 Å². The van der Waals surface area contributed by atoms with E-state index >= 15 is 0 Å². The highest BCUT2D eigenvalue weighted by Crippen LogP contribution is 2.47. The number of imide groups is 2. The zero-order valence-electron chi connectivity index (χ0n) is 17.5. The van der Waals surface area contributed by atoms with Gasteiger partial charge in [-0.2, -0.15) is 0 Å². The second kappa shape index (κ2) is 7.47. The molecule has 2 aromatic rings. The number of amides is 5. The molecular formula is C24H24N4O4. The van der Waals surface area contributed by atoms with Crippen LogP contribution in [0, 0.1) is 5.41 Å². The summed E-state index contributed by atoms with van der Waals surface area (Å²) >= 11 is 0. The number of nitrogens with zero attached hydrogens (tertiary/aromatic N) is 2. The van der Waals surface area contributed by atoms with E-state index in [0.717, 1.165) is 42.0 Å². The Morgan fingerprint density at radius 3 is 2.50 bits per heavy atom. The van der Waals surface area contributed by atoms with Crippen molar-refractivity contribution in [1.29, 1.82) is 0 Å². The van der Waals surface area contributed by atoms with Crippen molar-refractivity contribution in [3.63, 3.8) is 0 Å². The molecule has 8 heteroatoms. The molecule has 3 heterocycles. The van der Waals surface area contributed by atoms with Gasteiger partial charge >= 0.3 is 6.03 Å². The second-order valence-corrected chi connectivity index (χ2v) is 8.65. The van der Waals surface area contributed by atoms with Crippen LogP contribution in [-0.2, 0) is 16.0 Å². The molecule has 0 aromatic heterocycles. The lowest BCUT2D eigenvalue weighted by atomic mass is 9.67. The maximum atomic E-state index is 14.0. The lowest BCUT2D eigenvalue weighted by molar-refractivity contribution is -0.144. The third-order valence-electron chi connectivity index (χ3n) is 6.92. The van der Waals surface area contributed by atoms with E-state index in [0.29, 0.717) is 12.1 Å². The number of para-hydroxylation sites is 1. The highest BCUT2D eigenvalue weighted by atomic mass is 16.2. The van der Waals surface area contributed by atoms with E-state index in [1.165, 1.54) is 24.3 Å². The fourth-order valence-electron chi connectivity index (χ4n) is 5.38. The summed E-state index contributed by atoms with van der Waals surface area (Å²) in [7, 11) is 0. The first-order valence-corrected chi connectivity index (χ1v) is 10.9. The van der Waals surface area contributed by atoms with Crippen molar-refractivity contribution in [1.82, 2.24) is 5.32 Å². The molecular weight excluding hydrogens is 408 g/mol. The number of barbiturate groups is 1. The number of benzene rings is 2. The van der Waals surface area contributed by atoms with Crippen LogP contribution in [0.1, 0.15) is 41.6 Å². The van der Waals surface area contributed by atoms with Crippen molar-refractivity contribution in [2.24, 2.45) is 11.1 Å². The minimum absolute atomic E-state index is 0.234. The molecule has 1 spiro atoms. The molecule has 5 amide bonds. The van der Waals surface area contributed by atoms with Gasteiger partial charge in [0, 0.05) is 17.8 Å². The number of rotatable bonds is 2. The average Bonchev–Trinajstić information content (AvgIpc) is 3.05. The summed E-state index contributed by atoms with van der Waals surface area (Å²) in [4.78, 5) is 54.9. The van der Waals surface area contributed by atoms with Crippen molar-refractivity contribution in [2.45, 2.75) is 38.1 Å².